The average molecular weight is 260 g/mol. The first-order valence-electron chi connectivity index (χ1n) is 5.86. The van der Waals surface area contributed by atoms with E-state index in [-0.39, 0.29) is 5.78 Å². The van der Waals surface area contributed by atoms with Crippen LogP contribution < -0.4 is 9.47 Å². The molecule has 0 unspecified atom stereocenters. The van der Waals surface area contributed by atoms with Gasteiger partial charge >= 0.3 is 0 Å². The lowest BCUT2D eigenvalue weighted by Gasteiger charge is -2.11. The van der Waals surface area contributed by atoms with E-state index in [2.05, 4.69) is 5.10 Å². The second-order valence-corrected chi connectivity index (χ2v) is 4.15. The third-order valence-electron chi connectivity index (χ3n) is 3.00. The van der Waals surface area contributed by atoms with E-state index in [1.54, 1.807) is 31.2 Å². The van der Waals surface area contributed by atoms with Crippen LogP contribution in [0.5, 0.6) is 11.5 Å². The minimum atomic E-state index is -0.00349. The molecule has 5 heteroatoms. The van der Waals surface area contributed by atoms with Crippen molar-refractivity contribution >= 4 is 5.78 Å². The van der Waals surface area contributed by atoms with E-state index in [9.17, 15) is 4.79 Å². The summed E-state index contributed by atoms with van der Waals surface area (Å²) in [6.45, 7) is 3.38. The molecule has 1 aromatic heterocycles. The monoisotopic (exact) mass is 260 g/mol. The lowest BCUT2D eigenvalue weighted by molar-refractivity contribution is 0.101. The summed E-state index contributed by atoms with van der Waals surface area (Å²) in [6, 6.07) is 5.46. The highest BCUT2D eigenvalue weighted by Gasteiger charge is 2.15. The van der Waals surface area contributed by atoms with Crippen LogP contribution in [0.4, 0.5) is 0 Å². The largest absolute Gasteiger partial charge is 0.497 e. The van der Waals surface area contributed by atoms with Gasteiger partial charge in [-0.1, -0.05) is 0 Å². The Hall–Kier alpha value is -2.30. The number of aromatic nitrogens is 2. The van der Waals surface area contributed by atoms with Gasteiger partial charge in [0.1, 0.15) is 17.2 Å². The molecule has 2 rings (SSSR count). The van der Waals surface area contributed by atoms with Crippen LogP contribution in [-0.2, 0) is 0 Å². The first-order chi connectivity index (χ1) is 9.08. The summed E-state index contributed by atoms with van der Waals surface area (Å²) in [6.07, 6.45) is 1.57. The lowest BCUT2D eigenvalue weighted by Crippen LogP contribution is -2.03. The molecule has 0 saturated heterocycles. The molecule has 0 spiro atoms. The zero-order chi connectivity index (χ0) is 14.0. The summed E-state index contributed by atoms with van der Waals surface area (Å²) in [5, 5.41) is 4.25. The van der Waals surface area contributed by atoms with Crippen LogP contribution in [0.2, 0.25) is 0 Å². The third kappa shape index (κ3) is 2.31. The van der Waals surface area contributed by atoms with Crippen molar-refractivity contribution in [3.05, 3.63) is 35.7 Å². The van der Waals surface area contributed by atoms with Crippen LogP contribution in [0, 0.1) is 6.92 Å². The molecule has 1 heterocycles. The number of benzene rings is 1. The van der Waals surface area contributed by atoms with Crippen LogP contribution in [-0.4, -0.2) is 29.8 Å². The van der Waals surface area contributed by atoms with Crippen LogP contribution in [0.3, 0.4) is 0 Å². The Morgan fingerprint density at radius 1 is 1.26 bits per heavy atom. The SMILES string of the molecule is COc1ccc(-n2ncc(C(C)=O)c2C)c(OC)c1. The molecule has 0 fully saturated rings. The molecule has 0 atom stereocenters. The Kier molecular flexibility index (Phi) is 3.55. The summed E-state index contributed by atoms with van der Waals surface area (Å²) in [5.74, 6) is 1.34. The predicted molar refractivity (Wildman–Crippen MR) is 71.4 cm³/mol. The second kappa shape index (κ2) is 5.14. The number of methoxy groups -OCH3 is 2. The van der Waals surface area contributed by atoms with Crippen molar-refractivity contribution in [1.82, 2.24) is 9.78 Å². The maximum Gasteiger partial charge on any atom is 0.163 e. The number of hydrogen-bond acceptors (Lipinski definition) is 4. The molecule has 1 aromatic carbocycles. The standard InChI is InChI=1S/C14H16N2O3/c1-9-12(10(2)17)8-15-16(9)13-6-5-11(18-3)7-14(13)19-4/h5-8H,1-4H3. The van der Waals surface area contributed by atoms with E-state index >= 15 is 0 Å². The summed E-state index contributed by atoms with van der Waals surface area (Å²) < 4.78 is 12.2. The Morgan fingerprint density at radius 3 is 2.53 bits per heavy atom. The second-order valence-electron chi connectivity index (χ2n) is 4.15. The molecule has 0 amide bonds. The first kappa shape index (κ1) is 13.1. The third-order valence-corrected chi connectivity index (χ3v) is 3.00. The van der Waals surface area contributed by atoms with E-state index in [1.165, 1.54) is 6.92 Å². The summed E-state index contributed by atoms with van der Waals surface area (Å²) >= 11 is 0. The summed E-state index contributed by atoms with van der Waals surface area (Å²) in [5.41, 5.74) is 2.17. The highest BCUT2D eigenvalue weighted by Crippen LogP contribution is 2.28. The first-order valence-corrected chi connectivity index (χ1v) is 5.86. The smallest absolute Gasteiger partial charge is 0.163 e. The number of hydrogen-bond donors (Lipinski definition) is 0. The number of carbonyl (C=O) groups is 1. The molecule has 0 aliphatic carbocycles. The van der Waals surface area contributed by atoms with Gasteiger partial charge in [-0.05, 0) is 26.0 Å². The molecule has 0 N–H and O–H groups in total. The molecule has 0 radical (unpaired) electrons. The summed E-state index contributed by atoms with van der Waals surface area (Å²) in [7, 11) is 3.18. The number of carbonyl (C=O) groups excluding carboxylic acids is 1. The van der Waals surface area contributed by atoms with Crippen molar-refractivity contribution < 1.29 is 14.3 Å². The van der Waals surface area contributed by atoms with Gasteiger partial charge in [0.15, 0.2) is 5.78 Å². The highest BCUT2D eigenvalue weighted by atomic mass is 16.5. The van der Waals surface area contributed by atoms with Crippen molar-refractivity contribution in [2.45, 2.75) is 13.8 Å². The topological polar surface area (TPSA) is 53.4 Å². The maximum atomic E-state index is 11.5. The predicted octanol–water partition coefficient (Wildman–Crippen LogP) is 2.40. The van der Waals surface area contributed by atoms with Crippen LogP contribution in [0.25, 0.3) is 5.69 Å². The molecular weight excluding hydrogens is 244 g/mol. The van der Waals surface area contributed by atoms with Gasteiger partial charge in [-0.3, -0.25) is 4.79 Å². The Morgan fingerprint density at radius 2 is 2.00 bits per heavy atom. The van der Waals surface area contributed by atoms with Gasteiger partial charge in [-0.15, -0.1) is 0 Å². The van der Waals surface area contributed by atoms with Gasteiger partial charge in [0, 0.05) is 6.07 Å². The average Bonchev–Trinajstić information content (AvgIpc) is 2.79. The van der Waals surface area contributed by atoms with Crippen molar-refractivity contribution in [2.24, 2.45) is 0 Å². The molecule has 0 aliphatic rings. The van der Waals surface area contributed by atoms with Gasteiger partial charge in [-0.2, -0.15) is 5.10 Å². The normalized spacial score (nSPS) is 10.3. The molecule has 0 aliphatic heterocycles. The molecule has 19 heavy (non-hydrogen) atoms. The summed E-state index contributed by atoms with van der Waals surface area (Å²) in [4.78, 5) is 11.5. The lowest BCUT2D eigenvalue weighted by atomic mass is 10.2. The van der Waals surface area contributed by atoms with E-state index in [1.807, 2.05) is 19.1 Å². The van der Waals surface area contributed by atoms with Crippen molar-refractivity contribution in [1.29, 1.82) is 0 Å². The van der Waals surface area contributed by atoms with Crippen molar-refractivity contribution in [3.63, 3.8) is 0 Å². The zero-order valence-electron chi connectivity index (χ0n) is 11.4. The molecule has 0 saturated carbocycles. The van der Waals surface area contributed by atoms with Crippen LogP contribution in [0.15, 0.2) is 24.4 Å². The van der Waals surface area contributed by atoms with Crippen molar-refractivity contribution in [3.8, 4) is 17.2 Å². The Labute approximate surface area is 111 Å². The molecular formula is C14H16N2O3. The number of rotatable bonds is 4. The van der Waals surface area contributed by atoms with Crippen LogP contribution >= 0.6 is 0 Å². The van der Waals surface area contributed by atoms with Gasteiger partial charge in [0.05, 0.1) is 31.7 Å². The maximum absolute atomic E-state index is 11.5. The van der Waals surface area contributed by atoms with Crippen molar-refractivity contribution in [2.75, 3.05) is 14.2 Å². The Bertz CT molecular complexity index is 617. The molecule has 0 bridgehead atoms. The number of Topliss-reactive ketones (excluding diaryl/α,β-unsaturated/α-hetero) is 1. The molecule has 5 nitrogen and oxygen atoms in total. The Balaban J connectivity index is 2.55. The van der Waals surface area contributed by atoms with E-state index in [0.29, 0.717) is 17.1 Å². The fourth-order valence-electron chi connectivity index (χ4n) is 1.96. The van der Waals surface area contributed by atoms with E-state index in [0.717, 1.165) is 11.4 Å². The van der Waals surface area contributed by atoms with Gasteiger partial charge in [-0.25, -0.2) is 4.68 Å². The number of ether oxygens (including phenoxy) is 2. The minimum Gasteiger partial charge on any atom is -0.497 e. The molecule has 2 aromatic rings. The molecule has 100 valence electrons. The quantitative estimate of drug-likeness (QED) is 0.792. The number of nitrogens with zero attached hydrogens (tertiary/aromatic N) is 2. The van der Waals surface area contributed by atoms with Gasteiger partial charge in [0.2, 0.25) is 0 Å². The fraction of sp³-hybridized carbons (Fsp3) is 0.286. The number of ketones is 1. The van der Waals surface area contributed by atoms with E-state index < -0.39 is 0 Å². The highest BCUT2D eigenvalue weighted by molar-refractivity contribution is 5.95. The zero-order valence-corrected chi connectivity index (χ0v) is 11.4. The van der Waals surface area contributed by atoms with E-state index in [4.69, 9.17) is 9.47 Å². The van der Waals surface area contributed by atoms with Gasteiger partial charge in [0.25, 0.3) is 0 Å². The van der Waals surface area contributed by atoms with Crippen LogP contribution in [0.1, 0.15) is 23.0 Å². The van der Waals surface area contributed by atoms with Gasteiger partial charge < -0.3 is 9.47 Å². The fourth-order valence-corrected chi connectivity index (χ4v) is 1.96. The minimum absolute atomic E-state index is 0.00349.